The van der Waals surface area contributed by atoms with Crippen LogP contribution in [0.15, 0.2) is 18.2 Å². The Morgan fingerprint density at radius 2 is 2.15 bits per heavy atom. The van der Waals surface area contributed by atoms with E-state index in [-0.39, 0.29) is 0 Å². The Bertz CT molecular complexity index is 466. The summed E-state index contributed by atoms with van der Waals surface area (Å²) in [7, 11) is 0. The van der Waals surface area contributed by atoms with Gasteiger partial charge in [0.05, 0.1) is 0 Å². The number of carboxylic acids is 1. The molecule has 0 aromatic heterocycles. The fourth-order valence-corrected chi connectivity index (χ4v) is 2.46. The van der Waals surface area contributed by atoms with E-state index < -0.39 is 12.0 Å². The van der Waals surface area contributed by atoms with E-state index in [9.17, 15) is 4.79 Å². The number of rotatable bonds is 7. The standard InChI is InChI=1S/C14H19NO4S/c1-20-7-4-11(14(16)17)15-9-10-2-3-12-13(8-10)19-6-5-18-12/h2-3,8,11,15H,4-7,9H2,1H3,(H,16,17)/t11-/m0/s1. The largest absolute Gasteiger partial charge is 0.486 e. The number of carboxylic acid groups (broad SMARTS) is 1. The van der Waals surface area contributed by atoms with Crippen molar-refractivity contribution in [2.24, 2.45) is 0 Å². The molecule has 0 saturated heterocycles. The highest BCUT2D eigenvalue weighted by molar-refractivity contribution is 7.98. The number of nitrogens with one attached hydrogen (secondary N) is 1. The van der Waals surface area contributed by atoms with Crippen molar-refractivity contribution in [1.82, 2.24) is 5.32 Å². The van der Waals surface area contributed by atoms with E-state index in [4.69, 9.17) is 14.6 Å². The molecule has 0 aliphatic carbocycles. The second kappa shape index (κ2) is 7.40. The van der Waals surface area contributed by atoms with Crippen LogP contribution >= 0.6 is 11.8 Å². The minimum absolute atomic E-state index is 0.502. The summed E-state index contributed by atoms with van der Waals surface area (Å²) >= 11 is 1.65. The van der Waals surface area contributed by atoms with Crippen molar-refractivity contribution in [2.75, 3.05) is 25.2 Å². The molecule has 6 heteroatoms. The maximum atomic E-state index is 11.1. The summed E-state index contributed by atoms with van der Waals surface area (Å²) in [5.41, 5.74) is 0.990. The van der Waals surface area contributed by atoms with Gasteiger partial charge in [-0.05, 0) is 36.1 Å². The van der Waals surface area contributed by atoms with E-state index in [1.807, 2.05) is 24.5 Å². The molecule has 0 fully saturated rings. The summed E-state index contributed by atoms with van der Waals surface area (Å²) in [4.78, 5) is 11.1. The normalized spacial score (nSPS) is 14.8. The summed E-state index contributed by atoms with van der Waals surface area (Å²) in [6, 6.07) is 5.17. The first-order valence-corrected chi connectivity index (χ1v) is 7.93. The molecular formula is C14H19NO4S. The van der Waals surface area contributed by atoms with Crippen molar-refractivity contribution in [3.8, 4) is 11.5 Å². The van der Waals surface area contributed by atoms with Crippen LogP contribution in [0, 0.1) is 0 Å². The predicted molar refractivity (Wildman–Crippen MR) is 78.7 cm³/mol. The fraction of sp³-hybridized carbons (Fsp3) is 0.500. The fourth-order valence-electron chi connectivity index (χ4n) is 1.99. The molecule has 5 nitrogen and oxygen atoms in total. The van der Waals surface area contributed by atoms with Crippen molar-refractivity contribution >= 4 is 17.7 Å². The molecule has 1 atom stereocenters. The van der Waals surface area contributed by atoms with Gasteiger partial charge < -0.3 is 19.9 Å². The van der Waals surface area contributed by atoms with Crippen LogP contribution in [-0.4, -0.2) is 42.3 Å². The maximum Gasteiger partial charge on any atom is 0.320 e. The third-order valence-electron chi connectivity index (χ3n) is 3.07. The summed E-state index contributed by atoms with van der Waals surface area (Å²) in [6.45, 7) is 1.62. The van der Waals surface area contributed by atoms with Gasteiger partial charge in [0.2, 0.25) is 0 Å². The van der Waals surface area contributed by atoms with Crippen LogP contribution in [0.1, 0.15) is 12.0 Å². The molecule has 1 aromatic rings. The molecule has 0 radical (unpaired) electrons. The molecule has 1 heterocycles. The van der Waals surface area contributed by atoms with Crippen molar-refractivity contribution in [1.29, 1.82) is 0 Å². The molecule has 0 saturated carbocycles. The molecule has 1 aliphatic rings. The van der Waals surface area contributed by atoms with Gasteiger partial charge >= 0.3 is 5.97 Å². The first-order chi connectivity index (χ1) is 9.70. The van der Waals surface area contributed by atoms with Crippen LogP contribution in [0.25, 0.3) is 0 Å². The molecule has 110 valence electrons. The van der Waals surface area contributed by atoms with Gasteiger partial charge in [-0.25, -0.2) is 0 Å². The SMILES string of the molecule is CSCC[C@H](NCc1ccc2c(c1)OCCO2)C(=O)O. The molecule has 0 bridgehead atoms. The van der Waals surface area contributed by atoms with Crippen LogP contribution in [0.4, 0.5) is 0 Å². The molecule has 1 aliphatic heterocycles. The Labute approximate surface area is 122 Å². The minimum Gasteiger partial charge on any atom is -0.486 e. The average molecular weight is 297 g/mol. The average Bonchev–Trinajstić information content (AvgIpc) is 2.46. The molecule has 0 spiro atoms. The van der Waals surface area contributed by atoms with Gasteiger partial charge in [-0.1, -0.05) is 6.07 Å². The molecule has 2 N–H and O–H groups in total. The zero-order valence-electron chi connectivity index (χ0n) is 11.4. The lowest BCUT2D eigenvalue weighted by molar-refractivity contribution is -0.139. The smallest absolute Gasteiger partial charge is 0.320 e. The number of fused-ring (bicyclic) bond motifs is 1. The highest BCUT2D eigenvalue weighted by Gasteiger charge is 2.17. The Morgan fingerprint density at radius 1 is 1.40 bits per heavy atom. The van der Waals surface area contributed by atoms with E-state index in [1.54, 1.807) is 11.8 Å². The number of benzene rings is 1. The van der Waals surface area contributed by atoms with E-state index in [2.05, 4.69) is 5.32 Å². The molecule has 0 unspecified atom stereocenters. The van der Waals surface area contributed by atoms with Crippen LogP contribution in [0.3, 0.4) is 0 Å². The monoisotopic (exact) mass is 297 g/mol. The summed E-state index contributed by atoms with van der Waals surface area (Å²) in [5.74, 6) is 1.49. The third-order valence-corrected chi connectivity index (χ3v) is 3.71. The number of hydrogen-bond donors (Lipinski definition) is 2. The number of aliphatic carboxylic acids is 1. The van der Waals surface area contributed by atoms with Gasteiger partial charge in [0.15, 0.2) is 11.5 Å². The zero-order valence-corrected chi connectivity index (χ0v) is 12.2. The van der Waals surface area contributed by atoms with Crippen LogP contribution in [0.2, 0.25) is 0 Å². The van der Waals surface area contributed by atoms with Gasteiger partial charge in [0.1, 0.15) is 19.3 Å². The van der Waals surface area contributed by atoms with Crippen molar-refractivity contribution < 1.29 is 19.4 Å². The lowest BCUT2D eigenvalue weighted by Gasteiger charge is -2.19. The highest BCUT2D eigenvalue weighted by Crippen LogP contribution is 2.30. The summed E-state index contributed by atoms with van der Waals surface area (Å²) in [6.07, 6.45) is 2.58. The predicted octanol–water partition coefficient (Wildman–Crippen LogP) is 1.75. The number of hydrogen-bond acceptors (Lipinski definition) is 5. The molecule has 2 rings (SSSR count). The molecular weight excluding hydrogens is 278 g/mol. The van der Waals surface area contributed by atoms with Gasteiger partial charge in [-0.2, -0.15) is 11.8 Å². The number of thioether (sulfide) groups is 1. The molecule has 20 heavy (non-hydrogen) atoms. The van der Waals surface area contributed by atoms with Gasteiger partial charge in [-0.3, -0.25) is 4.79 Å². The van der Waals surface area contributed by atoms with Crippen molar-refractivity contribution in [3.05, 3.63) is 23.8 Å². The lowest BCUT2D eigenvalue weighted by Crippen LogP contribution is -2.36. The van der Waals surface area contributed by atoms with Gasteiger partial charge in [0, 0.05) is 6.54 Å². The van der Waals surface area contributed by atoms with Gasteiger partial charge in [0.25, 0.3) is 0 Å². The zero-order chi connectivity index (χ0) is 14.4. The van der Waals surface area contributed by atoms with Gasteiger partial charge in [-0.15, -0.1) is 0 Å². The van der Waals surface area contributed by atoms with Crippen LogP contribution in [-0.2, 0) is 11.3 Å². The van der Waals surface area contributed by atoms with E-state index in [0.717, 1.165) is 22.8 Å². The van der Waals surface area contributed by atoms with E-state index >= 15 is 0 Å². The quantitative estimate of drug-likeness (QED) is 0.799. The van der Waals surface area contributed by atoms with E-state index in [0.29, 0.717) is 26.2 Å². The van der Waals surface area contributed by atoms with E-state index in [1.165, 1.54) is 0 Å². The third kappa shape index (κ3) is 4.05. The second-order valence-electron chi connectivity index (χ2n) is 4.53. The highest BCUT2D eigenvalue weighted by atomic mass is 32.2. The first kappa shape index (κ1) is 15.0. The molecule has 1 aromatic carbocycles. The maximum absolute atomic E-state index is 11.1. The molecule has 0 amide bonds. The number of carbonyl (C=O) groups is 1. The van der Waals surface area contributed by atoms with Crippen molar-refractivity contribution in [3.63, 3.8) is 0 Å². The number of ether oxygens (including phenoxy) is 2. The Morgan fingerprint density at radius 3 is 2.85 bits per heavy atom. The van der Waals surface area contributed by atoms with Crippen LogP contribution in [0.5, 0.6) is 11.5 Å². The summed E-state index contributed by atoms with van der Waals surface area (Å²) < 4.78 is 11.0. The van der Waals surface area contributed by atoms with Crippen molar-refractivity contribution in [2.45, 2.75) is 19.0 Å². The Balaban J connectivity index is 1.93. The first-order valence-electron chi connectivity index (χ1n) is 6.54. The lowest BCUT2D eigenvalue weighted by atomic mass is 10.1. The Kier molecular flexibility index (Phi) is 5.55. The topological polar surface area (TPSA) is 67.8 Å². The van der Waals surface area contributed by atoms with Crippen LogP contribution < -0.4 is 14.8 Å². The minimum atomic E-state index is -0.809. The Hall–Kier alpha value is -1.40. The second-order valence-corrected chi connectivity index (χ2v) is 5.52. The summed E-state index contributed by atoms with van der Waals surface area (Å²) in [5, 5.41) is 12.2.